The predicted molar refractivity (Wildman–Crippen MR) is 120 cm³/mol. The number of hydrogen-bond acceptors (Lipinski definition) is 6. The maximum atomic E-state index is 13.1. The van der Waals surface area contributed by atoms with Gasteiger partial charge in [0.1, 0.15) is 6.67 Å². The molecule has 0 aromatic heterocycles. The summed E-state index contributed by atoms with van der Waals surface area (Å²) in [4.78, 5) is 50.9. The molecule has 0 bridgehead atoms. The molecule has 2 aromatic carbocycles. The van der Waals surface area contributed by atoms with Gasteiger partial charge in [-0.15, -0.1) is 33.0 Å². The third-order valence-electron chi connectivity index (χ3n) is 4.11. The topological polar surface area (TPSA) is 106 Å². The summed E-state index contributed by atoms with van der Waals surface area (Å²) in [5.74, 6) is -0.0278. The Kier molecular flexibility index (Phi) is 9.66. The second-order valence-electron chi connectivity index (χ2n) is 6.02. The van der Waals surface area contributed by atoms with Crippen LogP contribution in [0.15, 0.2) is 71.2 Å². The first kappa shape index (κ1) is 24.0. The molecule has 0 aliphatic rings. The van der Waals surface area contributed by atoms with Gasteiger partial charge < -0.3 is 0 Å². The van der Waals surface area contributed by atoms with Crippen LogP contribution in [-0.2, 0) is 0 Å². The molecule has 0 aliphatic heterocycles. The van der Waals surface area contributed by atoms with E-state index >= 15 is 0 Å². The Bertz CT molecular complexity index is 803. The smallest absolute Gasteiger partial charge is 0.274 e. The molecule has 0 aliphatic carbocycles. The van der Waals surface area contributed by atoms with Crippen molar-refractivity contribution in [2.24, 2.45) is 10.6 Å². The Morgan fingerprint density at radius 2 is 1.03 bits per heavy atom. The first-order valence-corrected chi connectivity index (χ1v) is 10.2. The van der Waals surface area contributed by atoms with Crippen molar-refractivity contribution in [3.05, 3.63) is 70.5 Å². The number of anilines is 2. The van der Waals surface area contributed by atoms with E-state index in [1.807, 2.05) is 0 Å². The van der Waals surface area contributed by atoms with Crippen molar-refractivity contribution in [2.45, 2.75) is 0 Å². The molecule has 10 nitrogen and oxygen atoms in total. The van der Waals surface area contributed by atoms with Crippen molar-refractivity contribution in [1.29, 1.82) is 0 Å². The van der Waals surface area contributed by atoms with Crippen molar-refractivity contribution in [1.82, 2.24) is 10.0 Å². The third kappa shape index (κ3) is 6.37. The van der Waals surface area contributed by atoms with Crippen molar-refractivity contribution in [3.8, 4) is 0 Å². The zero-order valence-corrected chi connectivity index (χ0v) is 17.9. The molecule has 0 saturated carbocycles. The van der Waals surface area contributed by atoms with Crippen molar-refractivity contribution in [3.63, 3.8) is 0 Å². The van der Waals surface area contributed by atoms with Gasteiger partial charge in [-0.25, -0.2) is 9.59 Å². The highest BCUT2D eigenvalue weighted by atomic mass is 35.5. The predicted octanol–water partition coefficient (Wildman–Crippen LogP) is 4.64. The van der Waals surface area contributed by atoms with Crippen LogP contribution in [0.25, 0.3) is 0 Å². The van der Waals surface area contributed by atoms with Gasteiger partial charge in [-0.1, -0.05) is 36.4 Å². The molecule has 0 fully saturated rings. The van der Waals surface area contributed by atoms with Crippen LogP contribution in [0.2, 0.25) is 0 Å². The summed E-state index contributed by atoms with van der Waals surface area (Å²) < 4.78 is 0. The monoisotopic (exact) mass is 466 g/mol. The number of benzene rings is 2. The van der Waals surface area contributed by atoms with E-state index in [0.29, 0.717) is 21.4 Å². The summed E-state index contributed by atoms with van der Waals surface area (Å²) in [5.41, 5.74) is 0.791. The lowest BCUT2D eigenvalue weighted by Crippen LogP contribution is -2.51. The van der Waals surface area contributed by atoms with E-state index in [-0.39, 0.29) is 31.5 Å². The van der Waals surface area contributed by atoms with Crippen LogP contribution < -0.4 is 9.80 Å². The molecule has 4 amide bonds. The summed E-state index contributed by atoms with van der Waals surface area (Å²) in [6, 6.07) is 15.2. The molecule has 2 rings (SSSR count). The Balaban J connectivity index is 2.48. The number of hydrogen-bond donors (Lipinski definition) is 0. The van der Waals surface area contributed by atoms with E-state index in [4.69, 9.17) is 23.2 Å². The van der Waals surface area contributed by atoms with Gasteiger partial charge in [-0.3, -0.25) is 9.80 Å². The molecule has 31 heavy (non-hydrogen) atoms. The standard InChI is InChI=1S/C19H20Cl2N6O4/c20-11-13-26(22-30)18(28)24(16-7-3-1-4-8-16)15-25(17-9-5-2-6-10-17)19(29)27(23-31)14-12-21/h1-10H,11-15H2. The lowest BCUT2D eigenvalue weighted by molar-refractivity contribution is 0.204. The number of halogens is 2. The summed E-state index contributed by atoms with van der Waals surface area (Å²) in [6.45, 7) is -0.587. The van der Waals surface area contributed by atoms with E-state index in [1.165, 1.54) is 9.80 Å². The highest BCUT2D eigenvalue weighted by Gasteiger charge is 2.30. The van der Waals surface area contributed by atoms with E-state index in [0.717, 1.165) is 0 Å². The van der Waals surface area contributed by atoms with Crippen LogP contribution in [0, 0.1) is 9.81 Å². The van der Waals surface area contributed by atoms with Crippen LogP contribution in [0.5, 0.6) is 0 Å². The Morgan fingerprint density at radius 1 is 0.677 bits per heavy atom. The molecule has 0 N–H and O–H groups in total. The summed E-state index contributed by atoms with van der Waals surface area (Å²) in [5, 5.41) is 6.78. The maximum absolute atomic E-state index is 13.1. The van der Waals surface area contributed by atoms with Crippen LogP contribution in [-0.4, -0.2) is 53.6 Å². The fourth-order valence-corrected chi connectivity index (χ4v) is 2.96. The average Bonchev–Trinajstić information content (AvgIpc) is 2.82. The fraction of sp³-hybridized carbons (Fsp3) is 0.263. The summed E-state index contributed by atoms with van der Waals surface area (Å²) in [6.07, 6.45) is 0. The maximum Gasteiger partial charge on any atom is 0.349 e. The molecule has 0 heterocycles. The molecule has 0 atom stereocenters. The number of urea groups is 2. The minimum absolute atomic E-state index is 0.0139. The zero-order valence-electron chi connectivity index (χ0n) is 16.4. The van der Waals surface area contributed by atoms with Gasteiger partial charge >= 0.3 is 12.1 Å². The second kappa shape index (κ2) is 12.5. The van der Waals surface area contributed by atoms with Gasteiger partial charge in [-0.05, 0) is 24.3 Å². The number of amides is 4. The largest absolute Gasteiger partial charge is 0.349 e. The first-order valence-electron chi connectivity index (χ1n) is 9.14. The number of rotatable bonds is 10. The third-order valence-corrected chi connectivity index (χ3v) is 4.45. The molecule has 0 saturated heterocycles. The SMILES string of the molecule is O=NN(CCCl)C(=O)N(CN(C(=O)N(CCCl)N=O)c1ccccc1)c1ccccc1. The lowest BCUT2D eigenvalue weighted by atomic mass is 10.3. The van der Waals surface area contributed by atoms with Crippen molar-refractivity contribution >= 4 is 46.6 Å². The number of nitrogens with zero attached hydrogens (tertiary/aromatic N) is 6. The van der Waals surface area contributed by atoms with E-state index in [1.54, 1.807) is 60.7 Å². The molecular formula is C19H20Cl2N6O4. The van der Waals surface area contributed by atoms with Crippen LogP contribution in [0.1, 0.15) is 0 Å². The number of carbonyl (C=O) groups is 2. The van der Waals surface area contributed by atoms with Crippen molar-refractivity contribution in [2.75, 3.05) is 41.3 Å². The molecule has 0 radical (unpaired) electrons. The van der Waals surface area contributed by atoms with Crippen molar-refractivity contribution < 1.29 is 9.59 Å². The number of para-hydroxylation sites is 2. The van der Waals surface area contributed by atoms with Gasteiger partial charge in [0.05, 0.1) is 23.7 Å². The number of alkyl halides is 2. The van der Waals surface area contributed by atoms with E-state index < -0.39 is 12.1 Å². The summed E-state index contributed by atoms with van der Waals surface area (Å²) in [7, 11) is 0. The minimum atomic E-state index is -0.793. The molecule has 2 aromatic rings. The van der Waals surface area contributed by atoms with Crippen LogP contribution >= 0.6 is 23.2 Å². The van der Waals surface area contributed by atoms with E-state index in [2.05, 4.69) is 10.6 Å². The highest BCUT2D eigenvalue weighted by Crippen LogP contribution is 2.22. The Labute approximate surface area is 188 Å². The molecule has 0 unspecified atom stereocenters. The first-order chi connectivity index (χ1) is 15.1. The van der Waals surface area contributed by atoms with Crippen LogP contribution in [0.4, 0.5) is 21.0 Å². The molecule has 0 spiro atoms. The van der Waals surface area contributed by atoms with Gasteiger partial charge in [0, 0.05) is 23.1 Å². The minimum Gasteiger partial charge on any atom is -0.274 e. The normalized spacial score (nSPS) is 10.1. The van der Waals surface area contributed by atoms with Gasteiger partial charge in [0.2, 0.25) is 0 Å². The Morgan fingerprint density at radius 3 is 1.32 bits per heavy atom. The van der Waals surface area contributed by atoms with Crippen LogP contribution in [0.3, 0.4) is 0 Å². The zero-order chi connectivity index (χ0) is 22.6. The Hall–Kier alpha value is -3.24. The average molecular weight is 467 g/mol. The van der Waals surface area contributed by atoms with Gasteiger partial charge in [0.25, 0.3) is 0 Å². The van der Waals surface area contributed by atoms with Gasteiger partial charge in [-0.2, -0.15) is 10.0 Å². The quantitative estimate of drug-likeness (QED) is 0.220. The van der Waals surface area contributed by atoms with Gasteiger partial charge in [0.15, 0.2) is 0 Å². The van der Waals surface area contributed by atoms with E-state index in [9.17, 15) is 19.4 Å². The number of nitroso groups, excluding NO2 is 2. The molecular weight excluding hydrogens is 447 g/mol. The summed E-state index contributed by atoms with van der Waals surface area (Å²) >= 11 is 11.3. The lowest BCUT2D eigenvalue weighted by Gasteiger charge is -2.33. The molecule has 12 heteroatoms. The highest BCUT2D eigenvalue weighted by molar-refractivity contribution is 6.18. The fourth-order valence-electron chi connectivity index (χ4n) is 2.64. The number of carbonyl (C=O) groups excluding carboxylic acids is 2. The molecule has 164 valence electrons. The second-order valence-corrected chi connectivity index (χ2v) is 6.78.